The molecule has 1 saturated heterocycles. The Balaban J connectivity index is 1.38. The summed E-state index contributed by atoms with van der Waals surface area (Å²) < 4.78 is 8.82. The number of aromatic nitrogens is 3. The molecular weight excluding hydrogens is 358 g/mol. The quantitative estimate of drug-likeness (QED) is 0.350. The second-order valence-corrected chi connectivity index (χ2v) is 7.38. The van der Waals surface area contributed by atoms with Gasteiger partial charge in [-0.25, -0.2) is 9.48 Å². The van der Waals surface area contributed by atoms with Gasteiger partial charge in [0.1, 0.15) is 5.82 Å². The molecule has 28 heavy (non-hydrogen) atoms. The number of nitrogens with zero attached hydrogens (tertiary/aromatic N) is 5. The van der Waals surface area contributed by atoms with Crippen LogP contribution in [-0.4, -0.2) is 77.7 Å². The highest BCUT2D eigenvalue weighted by atomic mass is 16.5. The number of ether oxygens (including phenoxy) is 1. The van der Waals surface area contributed by atoms with E-state index in [1.54, 1.807) is 4.68 Å². The third-order valence-corrected chi connectivity index (χ3v) is 5.22. The predicted octanol–water partition coefficient (Wildman–Crippen LogP) is 0.0486. The zero-order valence-corrected chi connectivity index (χ0v) is 17.2. The lowest BCUT2D eigenvalue weighted by Gasteiger charge is -2.26. The summed E-state index contributed by atoms with van der Waals surface area (Å²) in [6.45, 7) is 10.8. The van der Waals surface area contributed by atoms with E-state index >= 15 is 0 Å². The van der Waals surface area contributed by atoms with Gasteiger partial charge >= 0.3 is 5.69 Å². The maximum Gasteiger partial charge on any atom is 0.345 e. The van der Waals surface area contributed by atoms with Crippen molar-refractivity contribution in [3.05, 3.63) is 16.3 Å². The molecule has 3 rings (SSSR count). The number of aliphatic imine (C=N–C) groups is 1. The Morgan fingerprint density at radius 2 is 2.00 bits per heavy atom. The number of nitrogens with one attached hydrogen (secondary N) is 2. The van der Waals surface area contributed by atoms with Gasteiger partial charge in [0.15, 0.2) is 5.96 Å². The lowest BCUT2D eigenvalue weighted by molar-refractivity contribution is 0.0376. The van der Waals surface area contributed by atoms with Crippen LogP contribution in [0.3, 0.4) is 0 Å². The molecule has 3 heterocycles. The summed E-state index contributed by atoms with van der Waals surface area (Å²) in [4.78, 5) is 19.4. The maximum atomic E-state index is 12.3. The Kier molecular flexibility index (Phi) is 8.35. The van der Waals surface area contributed by atoms with Gasteiger partial charge in [-0.1, -0.05) is 0 Å². The predicted molar refractivity (Wildman–Crippen MR) is 110 cm³/mol. The first-order valence-electron chi connectivity index (χ1n) is 10.8. The minimum Gasteiger partial charge on any atom is -0.379 e. The van der Waals surface area contributed by atoms with Crippen LogP contribution in [0.25, 0.3) is 0 Å². The Hall–Kier alpha value is -1.87. The molecule has 1 fully saturated rings. The van der Waals surface area contributed by atoms with Crippen LogP contribution in [-0.2, 0) is 24.2 Å². The molecule has 158 valence electrons. The Morgan fingerprint density at radius 3 is 2.79 bits per heavy atom. The SMILES string of the molecule is CCNC(=NCCCn1nc2n(c1=O)CCCC2)NCCCN1CCOCC1. The van der Waals surface area contributed by atoms with Crippen molar-refractivity contribution in [1.29, 1.82) is 0 Å². The molecule has 0 amide bonds. The zero-order chi connectivity index (χ0) is 19.6. The van der Waals surface area contributed by atoms with E-state index in [-0.39, 0.29) is 5.69 Å². The summed E-state index contributed by atoms with van der Waals surface area (Å²) >= 11 is 0. The fourth-order valence-electron chi connectivity index (χ4n) is 3.68. The van der Waals surface area contributed by atoms with Crippen molar-refractivity contribution in [2.24, 2.45) is 4.99 Å². The van der Waals surface area contributed by atoms with E-state index in [9.17, 15) is 4.79 Å². The van der Waals surface area contributed by atoms with Gasteiger partial charge in [-0.2, -0.15) is 5.10 Å². The highest BCUT2D eigenvalue weighted by Crippen LogP contribution is 2.09. The summed E-state index contributed by atoms with van der Waals surface area (Å²) in [6, 6.07) is 0. The maximum absolute atomic E-state index is 12.3. The number of hydrogen-bond donors (Lipinski definition) is 2. The topological polar surface area (TPSA) is 88.7 Å². The number of fused-ring (bicyclic) bond motifs is 1. The Bertz CT molecular complexity index is 676. The van der Waals surface area contributed by atoms with Gasteiger partial charge in [-0.3, -0.25) is 14.5 Å². The summed E-state index contributed by atoms with van der Waals surface area (Å²) in [7, 11) is 0. The molecule has 1 aromatic rings. The molecule has 0 aliphatic carbocycles. The average molecular weight is 394 g/mol. The lowest BCUT2D eigenvalue weighted by atomic mass is 10.2. The van der Waals surface area contributed by atoms with Crippen LogP contribution < -0.4 is 16.3 Å². The largest absolute Gasteiger partial charge is 0.379 e. The summed E-state index contributed by atoms with van der Waals surface area (Å²) in [5, 5.41) is 11.2. The molecular formula is C19H35N7O2. The number of aryl methyl sites for hydroxylation is 2. The van der Waals surface area contributed by atoms with Gasteiger partial charge in [0.25, 0.3) is 0 Å². The standard InChI is InChI=1S/C19H35N7O2/c1-2-20-18(21-8-5-10-24-13-15-28-16-14-24)22-9-6-12-26-19(27)25-11-4-3-7-17(25)23-26/h2-16H2,1H3,(H2,20,21,22). The van der Waals surface area contributed by atoms with Crippen molar-refractivity contribution in [3.8, 4) is 0 Å². The van der Waals surface area contributed by atoms with E-state index in [1.165, 1.54) is 0 Å². The van der Waals surface area contributed by atoms with E-state index in [0.717, 1.165) is 96.4 Å². The van der Waals surface area contributed by atoms with Crippen LogP contribution in [0.1, 0.15) is 38.4 Å². The monoisotopic (exact) mass is 393 g/mol. The molecule has 0 bridgehead atoms. The Labute approximate surface area is 167 Å². The molecule has 0 saturated carbocycles. The van der Waals surface area contributed by atoms with E-state index in [4.69, 9.17) is 4.74 Å². The Morgan fingerprint density at radius 1 is 1.14 bits per heavy atom. The molecule has 1 aromatic heterocycles. The van der Waals surface area contributed by atoms with Crippen molar-refractivity contribution in [1.82, 2.24) is 29.9 Å². The number of rotatable bonds is 9. The third kappa shape index (κ3) is 6.07. The summed E-state index contributed by atoms with van der Waals surface area (Å²) in [6.07, 6.45) is 5.01. The molecule has 2 aliphatic heterocycles. The lowest BCUT2D eigenvalue weighted by Crippen LogP contribution is -2.40. The minimum atomic E-state index is 0.0341. The fourth-order valence-corrected chi connectivity index (χ4v) is 3.68. The molecule has 2 aliphatic rings. The molecule has 0 radical (unpaired) electrons. The normalized spacial score (nSPS) is 18.1. The number of guanidine groups is 1. The summed E-state index contributed by atoms with van der Waals surface area (Å²) in [5.41, 5.74) is 0.0341. The fraction of sp³-hybridized carbons (Fsp3) is 0.842. The van der Waals surface area contributed by atoms with Crippen LogP contribution in [0, 0.1) is 0 Å². The molecule has 0 aromatic carbocycles. The molecule has 9 heteroatoms. The van der Waals surface area contributed by atoms with Crippen molar-refractivity contribution in [2.45, 2.75) is 52.1 Å². The van der Waals surface area contributed by atoms with E-state index < -0.39 is 0 Å². The number of hydrogen-bond acceptors (Lipinski definition) is 5. The average Bonchev–Trinajstić information content (AvgIpc) is 3.05. The summed E-state index contributed by atoms with van der Waals surface area (Å²) in [5.74, 6) is 1.79. The van der Waals surface area contributed by atoms with Gasteiger partial charge in [-0.15, -0.1) is 0 Å². The smallest absolute Gasteiger partial charge is 0.345 e. The third-order valence-electron chi connectivity index (χ3n) is 5.22. The van der Waals surface area contributed by atoms with Gasteiger partial charge in [0.2, 0.25) is 0 Å². The van der Waals surface area contributed by atoms with Crippen LogP contribution in [0.2, 0.25) is 0 Å². The molecule has 0 spiro atoms. The van der Waals surface area contributed by atoms with Gasteiger partial charge < -0.3 is 15.4 Å². The first-order chi connectivity index (χ1) is 13.8. The molecule has 0 unspecified atom stereocenters. The van der Waals surface area contributed by atoms with Crippen molar-refractivity contribution >= 4 is 5.96 Å². The van der Waals surface area contributed by atoms with Crippen molar-refractivity contribution in [2.75, 3.05) is 52.5 Å². The van der Waals surface area contributed by atoms with Crippen LogP contribution in [0.5, 0.6) is 0 Å². The van der Waals surface area contributed by atoms with Gasteiger partial charge in [0.05, 0.1) is 13.2 Å². The van der Waals surface area contributed by atoms with Crippen LogP contribution in [0.4, 0.5) is 0 Å². The van der Waals surface area contributed by atoms with E-state index in [1.807, 2.05) is 4.57 Å². The van der Waals surface area contributed by atoms with Gasteiger partial charge in [0, 0.05) is 52.2 Å². The van der Waals surface area contributed by atoms with E-state index in [0.29, 0.717) is 13.1 Å². The zero-order valence-electron chi connectivity index (χ0n) is 17.2. The molecule has 2 N–H and O–H groups in total. The van der Waals surface area contributed by atoms with Crippen LogP contribution in [0.15, 0.2) is 9.79 Å². The molecule has 9 nitrogen and oxygen atoms in total. The highest BCUT2D eigenvalue weighted by molar-refractivity contribution is 5.79. The first kappa shape index (κ1) is 20.9. The van der Waals surface area contributed by atoms with E-state index in [2.05, 4.69) is 32.5 Å². The second kappa shape index (κ2) is 11.2. The molecule has 0 atom stereocenters. The number of morpholine rings is 1. The minimum absolute atomic E-state index is 0.0341. The highest BCUT2D eigenvalue weighted by Gasteiger charge is 2.16. The van der Waals surface area contributed by atoms with Crippen LogP contribution >= 0.6 is 0 Å². The second-order valence-electron chi connectivity index (χ2n) is 7.38. The van der Waals surface area contributed by atoms with Crippen molar-refractivity contribution in [3.63, 3.8) is 0 Å². The van der Waals surface area contributed by atoms with Crippen molar-refractivity contribution < 1.29 is 4.74 Å². The first-order valence-corrected chi connectivity index (χ1v) is 10.8. The van der Waals surface area contributed by atoms with Gasteiger partial charge in [-0.05, 0) is 39.2 Å².